The molecule has 2 aliphatic carbocycles. The highest BCUT2D eigenvalue weighted by atomic mass is 16.5. The van der Waals surface area contributed by atoms with Crippen LogP contribution in [0, 0.1) is 0 Å². The summed E-state index contributed by atoms with van der Waals surface area (Å²) in [6.07, 6.45) is 17.5. The van der Waals surface area contributed by atoms with E-state index >= 15 is 0 Å². The third kappa shape index (κ3) is 2.01. The minimum atomic E-state index is 0.436. The maximum Gasteiger partial charge on any atom is 0.102 e. The number of ether oxygens (including phenoxy) is 1. The molecule has 0 aromatic carbocycles. The maximum absolute atomic E-state index is 6.44. The molecule has 4 aliphatic rings. The Balaban J connectivity index is 1.65. The molecule has 2 heterocycles. The van der Waals surface area contributed by atoms with Gasteiger partial charge in [0.2, 0.25) is 0 Å². The smallest absolute Gasteiger partial charge is 0.102 e. The fourth-order valence-electron chi connectivity index (χ4n) is 4.69. The van der Waals surface area contributed by atoms with Gasteiger partial charge in [0, 0.05) is 0 Å². The minimum absolute atomic E-state index is 0.436. The summed E-state index contributed by atoms with van der Waals surface area (Å²) in [5, 5.41) is 0. The van der Waals surface area contributed by atoms with Crippen LogP contribution in [0.4, 0.5) is 0 Å². The predicted molar refractivity (Wildman–Crippen MR) is 78.1 cm³/mol. The third-order valence-electron chi connectivity index (χ3n) is 5.65. The van der Waals surface area contributed by atoms with Gasteiger partial charge in [-0.2, -0.15) is 0 Å². The van der Waals surface area contributed by atoms with Crippen LogP contribution in [0.25, 0.3) is 0 Å². The SMILES string of the molecule is C1CCCC2=C(CC1)C1OC2C2=C1CCCCCC2. The van der Waals surface area contributed by atoms with Crippen LogP contribution in [0.3, 0.4) is 0 Å². The van der Waals surface area contributed by atoms with Gasteiger partial charge in [-0.15, -0.1) is 0 Å². The van der Waals surface area contributed by atoms with Crippen molar-refractivity contribution in [3.05, 3.63) is 22.3 Å². The van der Waals surface area contributed by atoms with Gasteiger partial charge in [-0.1, -0.05) is 25.7 Å². The largest absolute Gasteiger partial charge is 0.357 e. The molecule has 0 aromatic rings. The minimum Gasteiger partial charge on any atom is -0.357 e. The van der Waals surface area contributed by atoms with Gasteiger partial charge in [0.25, 0.3) is 0 Å². The van der Waals surface area contributed by atoms with Gasteiger partial charge in [0.15, 0.2) is 0 Å². The Kier molecular flexibility index (Phi) is 3.27. The maximum atomic E-state index is 6.44. The quantitative estimate of drug-likeness (QED) is 0.551. The summed E-state index contributed by atoms with van der Waals surface area (Å²) < 4.78 is 6.44. The fraction of sp³-hybridized carbons (Fsp3) is 0.778. The Hall–Kier alpha value is -0.560. The molecule has 0 radical (unpaired) electrons. The molecule has 1 heteroatoms. The van der Waals surface area contributed by atoms with E-state index in [1.807, 2.05) is 0 Å². The molecule has 0 N–H and O–H groups in total. The molecule has 0 spiro atoms. The van der Waals surface area contributed by atoms with Crippen molar-refractivity contribution in [3.63, 3.8) is 0 Å². The van der Waals surface area contributed by atoms with E-state index in [0.717, 1.165) is 0 Å². The highest BCUT2D eigenvalue weighted by Crippen LogP contribution is 2.50. The van der Waals surface area contributed by atoms with Gasteiger partial charge >= 0.3 is 0 Å². The zero-order valence-corrected chi connectivity index (χ0v) is 12.0. The van der Waals surface area contributed by atoms with Crippen molar-refractivity contribution in [3.8, 4) is 0 Å². The molecule has 4 rings (SSSR count). The Morgan fingerprint density at radius 3 is 1.11 bits per heavy atom. The first-order valence-electron chi connectivity index (χ1n) is 8.54. The second-order valence-corrected chi connectivity index (χ2v) is 6.83. The van der Waals surface area contributed by atoms with Crippen molar-refractivity contribution in [2.24, 2.45) is 0 Å². The van der Waals surface area contributed by atoms with E-state index < -0.39 is 0 Å². The molecule has 0 fully saturated rings. The fourth-order valence-corrected chi connectivity index (χ4v) is 4.69. The van der Waals surface area contributed by atoms with Crippen molar-refractivity contribution in [1.29, 1.82) is 0 Å². The standard InChI is InChI=1S/C18H26O/c1-2-6-10-14-13(9-5-1)17-15-11-7-3-4-8-12-16(15)18(14)19-17/h17-18H,1-12H2. The van der Waals surface area contributed by atoms with E-state index in [2.05, 4.69) is 0 Å². The van der Waals surface area contributed by atoms with Crippen molar-refractivity contribution in [2.45, 2.75) is 89.3 Å². The summed E-state index contributed by atoms with van der Waals surface area (Å²) in [7, 11) is 0. The summed E-state index contributed by atoms with van der Waals surface area (Å²) in [4.78, 5) is 0. The van der Waals surface area contributed by atoms with E-state index in [1.54, 1.807) is 22.3 Å². The van der Waals surface area contributed by atoms with Crippen molar-refractivity contribution in [2.75, 3.05) is 0 Å². The molecule has 2 aliphatic heterocycles. The molecule has 1 nitrogen and oxygen atoms in total. The van der Waals surface area contributed by atoms with E-state index in [-0.39, 0.29) is 0 Å². The van der Waals surface area contributed by atoms with Crippen molar-refractivity contribution in [1.82, 2.24) is 0 Å². The zero-order chi connectivity index (χ0) is 12.7. The summed E-state index contributed by atoms with van der Waals surface area (Å²) in [6.45, 7) is 0. The van der Waals surface area contributed by atoms with Crippen LogP contribution in [-0.2, 0) is 4.74 Å². The number of hydrogen-bond donors (Lipinski definition) is 0. The van der Waals surface area contributed by atoms with Gasteiger partial charge in [-0.05, 0) is 73.7 Å². The van der Waals surface area contributed by atoms with E-state index in [4.69, 9.17) is 4.74 Å². The highest BCUT2D eigenvalue weighted by Gasteiger charge is 2.44. The van der Waals surface area contributed by atoms with Crippen LogP contribution >= 0.6 is 0 Å². The average molecular weight is 258 g/mol. The Morgan fingerprint density at radius 2 is 0.789 bits per heavy atom. The predicted octanol–water partition coefficient (Wildman–Crippen LogP) is 5.07. The summed E-state index contributed by atoms with van der Waals surface area (Å²) in [6, 6.07) is 0. The second kappa shape index (κ2) is 5.09. The normalized spacial score (nSPS) is 35.4. The Bertz CT molecular complexity index is 353. The lowest BCUT2D eigenvalue weighted by Gasteiger charge is -2.26. The van der Waals surface area contributed by atoms with Crippen LogP contribution in [0.5, 0.6) is 0 Å². The van der Waals surface area contributed by atoms with E-state index in [1.165, 1.54) is 77.0 Å². The molecule has 0 unspecified atom stereocenters. The van der Waals surface area contributed by atoms with Crippen LogP contribution in [0.15, 0.2) is 22.3 Å². The number of fused-ring (bicyclic) bond motifs is 6. The van der Waals surface area contributed by atoms with Gasteiger partial charge in [-0.25, -0.2) is 0 Å². The van der Waals surface area contributed by atoms with Gasteiger partial charge < -0.3 is 4.74 Å². The molecular formula is C18H26O. The lowest BCUT2D eigenvalue weighted by molar-refractivity contribution is 0.114. The highest BCUT2D eigenvalue weighted by molar-refractivity contribution is 5.49. The monoisotopic (exact) mass is 258 g/mol. The topological polar surface area (TPSA) is 9.23 Å². The van der Waals surface area contributed by atoms with Gasteiger partial charge in [0.1, 0.15) is 12.2 Å². The number of hydrogen-bond acceptors (Lipinski definition) is 1. The van der Waals surface area contributed by atoms with Crippen LogP contribution in [0.1, 0.15) is 77.0 Å². The number of rotatable bonds is 0. The summed E-state index contributed by atoms with van der Waals surface area (Å²) >= 11 is 0. The van der Waals surface area contributed by atoms with Crippen LogP contribution < -0.4 is 0 Å². The molecular weight excluding hydrogens is 232 g/mol. The van der Waals surface area contributed by atoms with Gasteiger partial charge in [0.05, 0.1) is 0 Å². The van der Waals surface area contributed by atoms with Crippen LogP contribution in [-0.4, -0.2) is 12.2 Å². The summed E-state index contributed by atoms with van der Waals surface area (Å²) in [5.41, 5.74) is 6.90. The molecule has 0 atom stereocenters. The van der Waals surface area contributed by atoms with Crippen LogP contribution in [0.2, 0.25) is 0 Å². The Morgan fingerprint density at radius 1 is 0.474 bits per heavy atom. The van der Waals surface area contributed by atoms with Crippen molar-refractivity contribution < 1.29 is 4.74 Å². The molecule has 0 saturated carbocycles. The average Bonchev–Trinajstić information content (AvgIpc) is 2.82. The lowest BCUT2D eigenvalue weighted by atomic mass is 9.77. The second-order valence-electron chi connectivity index (χ2n) is 6.83. The van der Waals surface area contributed by atoms with E-state index in [9.17, 15) is 0 Å². The zero-order valence-electron chi connectivity index (χ0n) is 12.0. The molecule has 0 aromatic heterocycles. The van der Waals surface area contributed by atoms with Crippen molar-refractivity contribution >= 4 is 0 Å². The lowest BCUT2D eigenvalue weighted by Crippen LogP contribution is -2.17. The first-order chi connectivity index (χ1) is 9.45. The molecule has 0 saturated heterocycles. The molecule has 0 amide bonds. The van der Waals surface area contributed by atoms with Gasteiger partial charge in [-0.3, -0.25) is 0 Å². The molecule has 104 valence electrons. The third-order valence-corrected chi connectivity index (χ3v) is 5.65. The Labute approximate surface area is 117 Å². The first-order valence-corrected chi connectivity index (χ1v) is 8.54. The van der Waals surface area contributed by atoms with E-state index in [0.29, 0.717) is 12.2 Å². The molecule has 19 heavy (non-hydrogen) atoms. The molecule has 2 bridgehead atoms. The first kappa shape index (κ1) is 12.2. The summed E-state index contributed by atoms with van der Waals surface area (Å²) in [5.74, 6) is 0.